The van der Waals surface area contributed by atoms with Crippen molar-refractivity contribution in [3.05, 3.63) is 18.2 Å². The minimum Gasteiger partial charge on any atom is -0.496 e. The van der Waals surface area contributed by atoms with Crippen molar-refractivity contribution in [1.82, 2.24) is 0 Å². The second-order valence-corrected chi connectivity index (χ2v) is 15.0. The molecule has 0 amide bonds. The van der Waals surface area contributed by atoms with E-state index in [2.05, 4.69) is 13.8 Å². The molecule has 1 aromatic rings. The van der Waals surface area contributed by atoms with Gasteiger partial charge in [0.15, 0.2) is 0 Å². The van der Waals surface area contributed by atoms with Gasteiger partial charge in [-0.15, -0.1) is 22.8 Å². The summed E-state index contributed by atoms with van der Waals surface area (Å²) in [6.45, 7) is 4.29. The third-order valence-corrected chi connectivity index (χ3v) is 13.5. The van der Waals surface area contributed by atoms with Gasteiger partial charge in [0.05, 0.1) is 24.0 Å². The molecule has 0 aliphatic carbocycles. The SMILES string of the molecule is CCSP(=S)(SCC)c1c(OC)cccc1OC. The van der Waals surface area contributed by atoms with Crippen LogP contribution in [0.25, 0.3) is 0 Å². The van der Waals surface area contributed by atoms with Crippen LogP contribution >= 0.6 is 27.2 Å². The molecule has 2 nitrogen and oxygen atoms in total. The quantitative estimate of drug-likeness (QED) is 0.700. The predicted octanol–water partition coefficient (Wildman–Crippen LogP) is 4.14. The summed E-state index contributed by atoms with van der Waals surface area (Å²) in [5.74, 6) is 3.70. The van der Waals surface area contributed by atoms with Crippen molar-refractivity contribution in [1.29, 1.82) is 0 Å². The lowest BCUT2D eigenvalue weighted by molar-refractivity contribution is 0.401. The van der Waals surface area contributed by atoms with Gasteiger partial charge in [-0.05, 0) is 23.6 Å². The van der Waals surface area contributed by atoms with Gasteiger partial charge < -0.3 is 9.47 Å². The van der Waals surface area contributed by atoms with E-state index >= 15 is 0 Å². The van der Waals surface area contributed by atoms with Crippen LogP contribution in [0.15, 0.2) is 18.2 Å². The summed E-state index contributed by atoms with van der Waals surface area (Å²) in [6.07, 6.45) is 0. The van der Waals surface area contributed by atoms with Crippen molar-refractivity contribution in [2.24, 2.45) is 0 Å². The largest absolute Gasteiger partial charge is 0.496 e. The van der Waals surface area contributed by atoms with Crippen LogP contribution in [-0.4, -0.2) is 25.7 Å². The molecule has 0 saturated carbocycles. The van der Waals surface area contributed by atoms with E-state index in [1.807, 2.05) is 41.0 Å². The Hall–Kier alpha value is 0.170. The second kappa shape index (κ2) is 7.68. The van der Waals surface area contributed by atoms with Crippen LogP contribution in [0, 0.1) is 0 Å². The summed E-state index contributed by atoms with van der Waals surface area (Å²) >= 11 is 9.64. The van der Waals surface area contributed by atoms with Crippen LogP contribution in [0.1, 0.15) is 13.8 Å². The predicted molar refractivity (Wildman–Crippen MR) is 89.7 cm³/mol. The zero-order valence-corrected chi connectivity index (χ0v) is 14.5. The number of rotatable bonds is 7. The molecular formula is C12H19O2PS3. The Morgan fingerprint density at radius 1 is 1.06 bits per heavy atom. The number of ether oxygens (including phenoxy) is 2. The van der Waals surface area contributed by atoms with Gasteiger partial charge in [0, 0.05) is 0 Å². The van der Waals surface area contributed by atoms with Gasteiger partial charge in [-0.2, -0.15) is 0 Å². The van der Waals surface area contributed by atoms with Crippen LogP contribution in [0.4, 0.5) is 0 Å². The number of hydrogen-bond acceptors (Lipinski definition) is 5. The maximum absolute atomic E-state index is 5.95. The van der Waals surface area contributed by atoms with E-state index in [1.54, 1.807) is 14.2 Å². The topological polar surface area (TPSA) is 18.5 Å². The maximum Gasteiger partial charge on any atom is 0.132 e. The molecule has 0 atom stereocenters. The molecule has 1 rings (SSSR count). The molecule has 6 heteroatoms. The van der Waals surface area contributed by atoms with E-state index in [-0.39, 0.29) is 0 Å². The van der Waals surface area contributed by atoms with Crippen molar-refractivity contribution in [3.63, 3.8) is 0 Å². The highest BCUT2D eigenvalue weighted by atomic mass is 33.2. The van der Waals surface area contributed by atoms with Gasteiger partial charge in [-0.3, -0.25) is 0 Å². The van der Waals surface area contributed by atoms with Crippen LogP contribution in [0.2, 0.25) is 0 Å². The minimum atomic E-state index is -1.76. The Bertz CT molecular complexity index is 405. The molecule has 102 valence electrons. The normalized spacial score (nSPS) is 11.3. The molecule has 0 radical (unpaired) electrons. The lowest BCUT2D eigenvalue weighted by atomic mass is 10.3. The Balaban J connectivity index is 3.38. The molecule has 0 aliphatic heterocycles. The van der Waals surface area contributed by atoms with Gasteiger partial charge in [0.25, 0.3) is 0 Å². The molecular weight excluding hydrogens is 303 g/mol. The lowest BCUT2D eigenvalue weighted by Gasteiger charge is -2.24. The van der Waals surface area contributed by atoms with Gasteiger partial charge in [0.2, 0.25) is 0 Å². The fourth-order valence-corrected chi connectivity index (χ4v) is 12.6. The van der Waals surface area contributed by atoms with Gasteiger partial charge in [0.1, 0.15) is 11.5 Å². The smallest absolute Gasteiger partial charge is 0.132 e. The Kier molecular flexibility index (Phi) is 6.93. The highest BCUT2D eigenvalue weighted by Gasteiger charge is 2.27. The maximum atomic E-state index is 5.95. The number of benzene rings is 1. The first-order valence-corrected chi connectivity index (χ1v) is 11.7. The molecule has 0 aliphatic rings. The third-order valence-electron chi connectivity index (χ3n) is 2.27. The summed E-state index contributed by atoms with van der Waals surface area (Å²) < 4.78 is 9.20. The highest BCUT2D eigenvalue weighted by molar-refractivity contribution is 9.02. The molecule has 0 heterocycles. The molecule has 0 fully saturated rings. The van der Waals surface area contributed by atoms with Crippen molar-refractivity contribution < 1.29 is 9.47 Å². The molecule has 0 bridgehead atoms. The highest BCUT2D eigenvalue weighted by Crippen LogP contribution is 2.70. The lowest BCUT2D eigenvalue weighted by Crippen LogP contribution is -2.09. The van der Waals surface area contributed by atoms with Gasteiger partial charge in [-0.25, -0.2) is 0 Å². The van der Waals surface area contributed by atoms with Crippen LogP contribution in [0.3, 0.4) is 0 Å². The standard InChI is InChI=1S/C12H19O2PS3/c1-5-17-15(16,18-6-2)12-10(13-3)8-7-9-11(12)14-4/h7-9H,5-6H2,1-4H3. The van der Waals surface area contributed by atoms with E-state index in [9.17, 15) is 0 Å². The van der Waals surface area contributed by atoms with Crippen molar-refractivity contribution in [2.45, 2.75) is 13.8 Å². The first-order valence-electron chi connectivity index (χ1n) is 5.73. The average molecular weight is 322 g/mol. The molecule has 0 N–H and O–H groups in total. The van der Waals surface area contributed by atoms with Crippen molar-refractivity contribution >= 4 is 44.3 Å². The molecule has 0 aromatic heterocycles. The second-order valence-electron chi connectivity index (χ2n) is 3.34. The van der Waals surface area contributed by atoms with Crippen molar-refractivity contribution in [3.8, 4) is 11.5 Å². The average Bonchev–Trinajstić information content (AvgIpc) is 2.38. The van der Waals surface area contributed by atoms with E-state index in [0.717, 1.165) is 28.3 Å². The van der Waals surface area contributed by atoms with Crippen LogP contribution in [0.5, 0.6) is 11.5 Å². The number of methoxy groups -OCH3 is 2. The first kappa shape index (κ1) is 16.2. The Morgan fingerprint density at radius 2 is 1.50 bits per heavy atom. The third kappa shape index (κ3) is 3.60. The molecule has 0 spiro atoms. The molecule has 0 saturated heterocycles. The molecule has 1 aromatic carbocycles. The van der Waals surface area contributed by atoms with E-state index in [0.29, 0.717) is 0 Å². The minimum absolute atomic E-state index is 0.847. The first-order chi connectivity index (χ1) is 8.62. The van der Waals surface area contributed by atoms with E-state index in [4.69, 9.17) is 21.3 Å². The zero-order chi connectivity index (χ0) is 13.6. The summed E-state index contributed by atoms with van der Waals surface area (Å²) in [5, 5.41) is 1.07. The van der Waals surface area contributed by atoms with E-state index < -0.39 is 4.44 Å². The van der Waals surface area contributed by atoms with Crippen LogP contribution < -0.4 is 14.8 Å². The molecule has 0 unspecified atom stereocenters. The van der Waals surface area contributed by atoms with Crippen LogP contribution in [-0.2, 0) is 11.8 Å². The van der Waals surface area contributed by atoms with E-state index in [1.165, 1.54) is 0 Å². The molecule has 18 heavy (non-hydrogen) atoms. The summed E-state index contributed by atoms with van der Waals surface area (Å²) in [4.78, 5) is 0. The van der Waals surface area contributed by atoms with Gasteiger partial charge >= 0.3 is 0 Å². The summed E-state index contributed by atoms with van der Waals surface area (Å²) in [7, 11) is 3.37. The Morgan fingerprint density at radius 3 is 1.83 bits per heavy atom. The van der Waals surface area contributed by atoms with Crippen molar-refractivity contribution in [2.75, 3.05) is 25.7 Å². The summed E-state index contributed by atoms with van der Waals surface area (Å²) in [6, 6.07) is 5.87. The fourth-order valence-electron chi connectivity index (χ4n) is 1.61. The van der Waals surface area contributed by atoms with Gasteiger partial charge in [-0.1, -0.05) is 31.7 Å². The fraction of sp³-hybridized carbons (Fsp3) is 0.500. The number of hydrogen-bond donors (Lipinski definition) is 0. The monoisotopic (exact) mass is 322 g/mol. The summed E-state index contributed by atoms with van der Waals surface area (Å²) in [5.41, 5.74) is 0. The zero-order valence-electron chi connectivity index (χ0n) is 11.1. The Labute approximate surface area is 123 Å².